The van der Waals surface area contributed by atoms with Crippen molar-refractivity contribution in [2.45, 2.75) is 204 Å². The molecular formula is C37H71NO12S. The molecule has 14 heteroatoms. The van der Waals surface area contributed by atoms with Crippen LogP contribution in [0.4, 0.5) is 0 Å². The summed E-state index contributed by atoms with van der Waals surface area (Å²) in [5, 5.41) is 54.8. The van der Waals surface area contributed by atoms with E-state index < -0.39 is 78.5 Å². The molecule has 302 valence electrons. The first-order valence-electron chi connectivity index (χ1n) is 19.7. The van der Waals surface area contributed by atoms with E-state index in [2.05, 4.69) is 35.5 Å². The predicted octanol–water partition coefficient (Wildman–Crippen LogP) is 5.01. The summed E-state index contributed by atoms with van der Waals surface area (Å²) in [5.74, 6) is -0.683. The third kappa shape index (κ3) is 22.6. The van der Waals surface area contributed by atoms with Crippen LogP contribution in [-0.4, -0.2) is 107 Å². The molecule has 0 saturated carbocycles. The van der Waals surface area contributed by atoms with Crippen LogP contribution in [0, 0.1) is 0 Å². The number of aliphatic hydroxyl groups excluding tert-OH is 5. The molecule has 1 saturated heterocycles. The first-order valence-corrected chi connectivity index (χ1v) is 21.0. The number of hydrogen-bond donors (Lipinski definition) is 7. The van der Waals surface area contributed by atoms with Gasteiger partial charge in [-0.2, -0.15) is 8.42 Å². The zero-order valence-electron chi connectivity index (χ0n) is 31.3. The zero-order chi connectivity index (χ0) is 37.9. The number of ether oxygens (including phenoxy) is 2. The molecule has 0 bridgehead atoms. The lowest BCUT2D eigenvalue weighted by Crippen LogP contribution is -2.61. The minimum absolute atomic E-state index is 0.247. The number of amides is 1. The second-order valence-corrected chi connectivity index (χ2v) is 15.1. The van der Waals surface area contributed by atoms with Gasteiger partial charge in [-0.15, -0.1) is 0 Å². The van der Waals surface area contributed by atoms with Crippen molar-refractivity contribution in [2.75, 3.05) is 13.2 Å². The van der Waals surface area contributed by atoms with E-state index in [1.807, 2.05) is 0 Å². The quantitative estimate of drug-likeness (QED) is 0.0274. The van der Waals surface area contributed by atoms with E-state index in [4.69, 9.17) is 14.0 Å². The first kappa shape index (κ1) is 47.8. The third-order valence-electron chi connectivity index (χ3n) is 9.43. The van der Waals surface area contributed by atoms with Crippen molar-refractivity contribution in [1.29, 1.82) is 0 Å². The molecule has 1 fully saturated rings. The lowest BCUT2D eigenvalue weighted by atomic mass is 9.99. The van der Waals surface area contributed by atoms with E-state index >= 15 is 0 Å². The lowest BCUT2D eigenvalue weighted by molar-refractivity contribution is -0.298. The summed E-state index contributed by atoms with van der Waals surface area (Å²) >= 11 is 0. The van der Waals surface area contributed by atoms with Crippen molar-refractivity contribution in [3.8, 4) is 0 Å². The number of carbonyl (C=O) groups excluding carboxylic acids is 1. The van der Waals surface area contributed by atoms with Crippen LogP contribution < -0.4 is 5.32 Å². The Balaban J connectivity index is 2.60. The summed E-state index contributed by atoms with van der Waals surface area (Å²) in [6, 6.07) is -1.03. The zero-order valence-corrected chi connectivity index (χ0v) is 32.1. The lowest BCUT2D eigenvalue weighted by Gasteiger charge is -2.41. The molecule has 0 aromatic heterocycles. The summed E-state index contributed by atoms with van der Waals surface area (Å²) in [7, 11) is -5.10. The number of unbranched alkanes of at least 4 members (excludes halogenated alkanes) is 17. The highest BCUT2D eigenvalue weighted by Gasteiger charge is 2.48. The molecule has 8 atom stereocenters. The maximum Gasteiger partial charge on any atom is 0.397 e. The van der Waals surface area contributed by atoms with Gasteiger partial charge < -0.3 is 40.3 Å². The van der Waals surface area contributed by atoms with E-state index in [0.717, 1.165) is 64.2 Å². The second-order valence-electron chi connectivity index (χ2n) is 14.0. The van der Waals surface area contributed by atoms with Crippen LogP contribution in [0.3, 0.4) is 0 Å². The van der Waals surface area contributed by atoms with Crippen LogP contribution in [0.1, 0.15) is 155 Å². The highest BCUT2D eigenvalue weighted by molar-refractivity contribution is 7.80. The minimum Gasteiger partial charge on any atom is -0.394 e. The third-order valence-corrected chi connectivity index (χ3v) is 9.90. The minimum atomic E-state index is -5.10. The maximum absolute atomic E-state index is 13.0. The van der Waals surface area contributed by atoms with Gasteiger partial charge in [0.1, 0.15) is 30.5 Å². The van der Waals surface area contributed by atoms with Crippen molar-refractivity contribution in [1.82, 2.24) is 5.32 Å². The number of nitrogens with one attached hydrogen (secondary N) is 1. The van der Waals surface area contributed by atoms with Crippen LogP contribution in [-0.2, 0) is 28.9 Å². The molecule has 0 aromatic carbocycles. The Morgan fingerprint density at radius 2 is 1.25 bits per heavy atom. The van der Waals surface area contributed by atoms with E-state index in [1.54, 1.807) is 0 Å². The topological polar surface area (TPSA) is 212 Å². The highest BCUT2D eigenvalue weighted by atomic mass is 32.3. The van der Waals surface area contributed by atoms with Gasteiger partial charge in [0.05, 0.1) is 25.4 Å². The van der Waals surface area contributed by atoms with E-state index in [9.17, 15) is 38.7 Å². The van der Waals surface area contributed by atoms with E-state index in [-0.39, 0.29) is 6.42 Å². The van der Waals surface area contributed by atoms with Gasteiger partial charge >= 0.3 is 10.4 Å². The molecule has 0 aliphatic carbocycles. The van der Waals surface area contributed by atoms with Gasteiger partial charge in [-0.25, -0.2) is 4.18 Å². The van der Waals surface area contributed by atoms with Gasteiger partial charge in [0.15, 0.2) is 6.29 Å². The van der Waals surface area contributed by atoms with Gasteiger partial charge in [-0.1, -0.05) is 129 Å². The fourth-order valence-electron chi connectivity index (χ4n) is 6.22. The molecule has 1 amide bonds. The van der Waals surface area contributed by atoms with Gasteiger partial charge in [0, 0.05) is 0 Å². The molecular weight excluding hydrogens is 682 g/mol. The highest BCUT2D eigenvalue weighted by Crippen LogP contribution is 2.26. The number of aliphatic hydroxyl groups is 5. The molecule has 7 N–H and O–H groups in total. The Labute approximate surface area is 307 Å². The number of rotatable bonds is 32. The second kappa shape index (κ2) is 29.2. The Morgan fingerprint density at radius 1 is 0.765 bits per heavy atom. The maximum atomic E-state index is 13.0. The monoisotopic (exact) mass is 753 g/mol. The smallest absolute Gasteiger partial charge is 0.394 e. The predicted molar refractivity (Wildman–Crippen MR) is 196 cm³/mol. The van der Waals surface area contributed by atoms with Crippen LogP contribution in [0.5, 0.6) is 0 Å². The van der Waals surface area contributed by atoms with Crippen molar-refractivity contribution in [3.63, 3.8) is 0 Å². The van der Waals surface area contributed by atoms with Gasteiger partial charge in [-0.05, 0) is 38.5 Å². The van der Waals surface area contributed by atoms with Crippen LogP contribution >= 0.6 is 0 Å². The van der Waals surface area contributed by atoms with Gasteiger partial charge in [-0.3, -0.25) is 9.35 Å². The Morgan fingerprint density at radius 3 is 1.76 bits per heavy atom. The first-order chi connectivity index (χ1) is 24.4. The standard InChI is InChI=1S/C37H71NO12S/c1-3-5-7-9-11-12-13-14-15-16-17-18-20-22-24-26-31(41)36(44)38-29(30(40)25-23-21-19-10-8-6-4-2)28-48-37-34(43)35(50-51(45,46)47)33(42)32(27-39)49-37/h15-16,29-35,37,39-43H,3-14,17-28H2,1-2H3,(H,38,44)(H,45,46,47)/b16-15-. The molecule has 1 aliphatic heterocycles. The molecule has 1 heterocycles. The van der Waals surface area contributed by atoms with E-state index in [1.165, 1.54) is 51.4 Å². The summed E-state index contributed by atoms with van der Waals surface area (Å²) in [4.78, 5) is 13.0. The Kier molecular flexibility index (Phi) is 27.4. The molecule has 1 rings (SSSR count). The molecule has 13 nitrogen and oxygen atoms in total. The van der Waals surface area contributed by atoms with Crippen LogP contribution in [0.25, 0.3) is 0 Å². The average Bonchev–Trinajstić information content (AvgIpc) is 3.09. The fourth-order valence-corrected chi connectivity index (χ4v) is 6.73. The van der Waals surface area contributed by atoms with Crippen molar-refractivity contribution in [2.24, 2.45) is 0 Å². The molecule has 0 aromatic rings. The fraction of sp³-hybridized carbons (Fsp3) is 0.919. The Hall–Kier alpha value is -1.20. The van der Waals surface area contributed by atoms with Crippen LogP contribution in [0.15, 0.2) is 12.2 Å². The molecule has 8 unspecified atom stereocenters. The molecule has 51 heavy (non-hydrogen) atoms. The van der Waals surface area contributed by atoms with E-state index in [0.29, 0.717) is 19.3 Å². The SMILES string of the molecule is CCCCCCCCC/C=C\CCCCCCC(O)C(=O)NC(COC1OC(CO)C(O)C(OS(=O)(=O)O)C1O)C(O)CCCCCCCCC. The average molecular weight is 754 g/mol. The summed E-state index contributed by atoms with van der Waals surface area (Å²) in [5.41, 5.74) is 0. The van der Waals surface area contributed by atoms with Crippen molar-refractivity contribution < 1.29 is 57.0 Å². The van der Waals surface area contributed by atoms with Gasteiger partial charge in [0.25, 0.3) is 0 Å². The number of carbonyl (C=O) groups is 1. The number of allylic oxidation sites excluding steroid dienone is 2. The van der Waals surface area contributed by atoms with Crippen LogP contribution in [0.2, 0.25) is 0 Å². The largest absolute Gasteiger partial charge is 0.397 e. The van der Waals surface area contributed by atoms with Gasteiger partial charge in [0.2, 0.25) is 5.91 Å². The number of hydrogen-bond acceptors (Lipinski definition) is 11. The van der Waals surface area contributed by atoms with Crippen molar-refractivity contribution in [3.05, 3.63) is 12.2 Å². The Bertz CT molecular complexity index is 1000. The molecule has 0 radical (unpaired) electrons. The van der Waals surface area contributed by atoms with Crippen molar-refractivity contribution >= 4 is 16.3 Å². The summed E-state index contributed by atoms with van der Waals surface area (Å²) < 4.78 is 47.2. The summed E-state index contributed by atoms with van der Waals surface area (Å²) in [6.07, 6.45) is 15.9. The molecule has 1 aliphatic rings. The molecule has 0 spiro atoms. The normalized spacial score (nSPS) is 23.0. The summed E-state index contributed by atoms with van der Waals surface area (Å²) in [6.45, 7) is 3.17.